The van der Waals surface area contributed by atoms with Crippen LogP contribution in [-0.2, 0) is 4.79 Å². The molecule has 1 rings (SSSR count). The lowest BCUT2D eigenvalue weighted by atomic mass is 10.1. The van der Waals surface area contributed by atoms with Gasteiger partial charge in [-0.1, -0.05) is 6.92 Å². The van der Waals surface area contributed by atoms with Crippen molar-refractivity contribution in [3.63, 3.8) is 0 Å². The van der Waals surface area contributed by atoms with E-state index < -0.39 is 12.0 Å². The molecule has 0 aliphatic rings. The van der Waals surface area contributed by atoms with Crippen molar-refractivity contribution in [3.8, 4) is 0 Å². The van der Waals surface area contributed by atoms with E-state index in [0.717, 1.165) is 12.0 Å². The average Bonchev–Trinajstić information content (AvgIpc) is 2.97. The molecule has 0 radical (unpaired) electrons. The van der Waals surface area contributed by atoms with Crippen LogP contribution >= 0.6 is 0 Å². The SMILES string of the molecule is CC/C(C=N[C@@H](CCCN=C(N)N)C(=O)O)=C\c1ccco1. The number of carboxylic acids is 1. The lowest BCUT2D eigenvalue weighted by molar-refractivity contribution is -0.138. The van der Waals surface area contributed by atoms with Gasteiger partial charge in [-0.2, -0.15) is 0 Å². The lowest BCUT2D eigenvalue weighted by Gasteiger charge is -2.06. The highest BCUT2D eigenvalue weighted by molar-refractivity contribution is 5.87. The summed E-state index contributed by atoms with van der Waals surface area (Å²) in [5.74, 6) is -0.248. The maximum absolute atomic E-state index is 11.2. The van der Waals surface area contributed by atoms with E-state index in [-0.39, 0.29) is 5.96 Å². The molecule has 7 heteroatoms. The van der Waals surface area contributed by atoms with Crippen LogP contribution in [-0.4, -0.2) is 35.8 Å². The topological polar surface area (TPSA) is 127 Å². The minimum Gasteiger partial charge on any atom is -0.480 e. The number of allylic oxidation sites excluding steroid dienone is 1. The molecule has 1 aromatic heterocycles. The molecule has 0 amide bonds. The van der Waals surface area contributed by atoms with E-state index in [1.54, 1.807) is 18.5 Å². The van der Waals surface area contributed by atoms with Crippen LogP contribution in [0.3, 0.4) is 0 Å². The number of aliphatic imine (C=N–C) groups is 2. The van der Waals surface area contributed by atoms with E-state index in [9.17, 15) is 9.90 Å². The van der Waals surface area contributed by atoms with Crippen molar-refractivity contribution >= 4 is 24.2 Å². The number of hydrogen-bond donors (Lipinski definition) is 3. The van der Waals surface area contributed by atoms with Gasteiger partial charge in [0, 0.05) is 12.8 Å². The van der Waals surface area contributed by atoms with E-state index in [1.165, 1.54) is 0 Å². The van der Waals surface area contributed by atoms with Gasteiger partial charge < -0.3 is 21.0 Å². The van der Waals surface area contributed by atoms with E-state index in [0.29, 0.717) is 25.1 Å². The number of nitrogens with zero attached hydrogens (tertiary/aromatic N) is 2. The van der Waals surface area contributed by atoms with Crippen LogP contribution in [0.1, 0.15) is 31.9 Å². The summed E-state index contributed by atoms with van der Waals surface area (Å²) < 4.78 is 5.23. The largest absolute Gasteiger partial charge is 0.480 e. The fraction of sp³-hybridized carbons (Fsp3) is 0.400. The summed E-state index contributed by atoms with van der Waals surface area (Å²) in [6.07, 6.45) is 6.66. The molecular weight excluding hydrogens is 284 g/mol. The molecule has 0 spiro atoms. The molecule has 0 aromatic carbocycles. The molecule has 7 nitrogen and oxygen atoms in total. The van der Waals surface area contributed by atoms with Crippen molar-refractivity contribution in [3.05, 3.63) is 29.7 Å². The van der Waals surface area contributed by atoms with Gasteiger partial charge in [-0.25, -0.2) is 4.79 Å². The number of furan rings is 1. The summed E-state index contributed by atoms with van der Waals surface area (Å²) in [6.45, 7) is 2.36. The number of aliphatic carboxylic acids is 1. The van der Waals surface area contributed by atoms with Crippen LogP contribution < -0.4 is 11.5 Å². The second kappa shape index (κ2) is 9.38. The molecule has 0 aliphatic heterocycles. The predicted octanol–water partition coefficient (Wildman–Crippen LogP) is 1.65. The van der Waals surface area contributed by atoms with E-state index >= 15 is 0 Å². The van der Waals surface area contributed by atoms with Gasteiger partial charge in [0.25, 0.3) is 0 Å². The maximum Gasteiger partial charge on any atom is 0.328 e. The Labute approximate surface area is 129 Å². The zero-order chi connectivity index (χ0) is 16.4. The Bertz CT molecular complexity index is 543. The molecule has 0 unspecified atom stereocenters. The van der Waals surface area contributed by atoms with Gasteiger partial charge in [-0.3, -0.25) is 9.98 Å². The fourth-order valence-corrected chi connectivity index (χ4v) is 1.73. The van der Waals surface area contributed by atoms with Gasteiger partial charge in [0.05, 0.1) is 6.26 Å². The number of rotatable bonds is 9. The summed E-state index contributed by atoms with van der Waals surface area (Å²) in [5.41, 5.74) is 11.3. The van der Waals surface area contributed by atoms with Crippen molar-refractivity contribution < 1.29 is 14.3 Å². The summed E-state index contributed by atoms with van der Waals surface area (Å²) in [5, 5.41) is 9.19. The Balaban J connectivity index is 2.64. The molecule has 1 heterocycles. The maximum atomic E-state index is 11.2. The average molecular weight is 306 g/mol. The Morgan fingerprint density at radius 2 is 2.27 bits per heavy atom. The van der Waals surface area contributed by atoms with Crippen LogP contribution in [0.15, 0.2) is 38.4 Å². The van der Waals surface area contributed by atoms with Crippen LogP contribution in [0.2, 0.25) is 0 Å². The van der Waals surface area contributed by atoms with Gasteiger partial charge in [0.1, 0.15) is 11.8 Å². The Morgan fingerprint density at radius 3 is 2.82 bits per heavy atom. The van der Waals surface area contributed by atoms with Gasteiger partial charge in [-0.05, 0) is 43.0 Å². The van der Waals surface area contributed by atoms with Gasteiger partial charge in [0.2, 0.25) is 0 Å². The summed E-state index contributed by atoms with van der Waals surface area (Å²) in [4.78, 5) is 19.2. The molecule has 0 saturated heterocycles. The molecular formula is C15H22N4O3. The van der Waals surface area contributed by atoms with Crippen molar-refractivity contribution in [2.45, 2.75) is 32.2 Å². The normalized spacial score (nSPS) is 13.2. The van der Waals surface area contributed by atoms with E-state index in [4.69, 9.17) is 15.9 Å². The molecule has 1 atom stereocenters. The Kier molecular flexibility index (Phi) is 7.45. The molecule has 0 bridgehead atoms. The number of guanidine groups is 1. The number of carbonyl (C=O) groups is 1. The minimum atomic E-state index is -0.964. The van der Waals surface area contributed by atoms with Crippen LogP contribution in [0.5, 0.6) is 0 Å². The quantitative estimate of drug-likeness (QED) is 0.363. The third kappa shape index (κ3) is 6.74. The van der Waals surface area contributed by atoms with Crippen molar-refractivity contribution in [2.75, 3.05) is 6.54 Å². The highest BCUT2D eigenvalue weighted by Crippen LogP contribution is 2.10. The predicted molar refractivity (Wildman–Crippen MR) is 86.8 cm³/mol. The van der Waals surface area contributed by atoms with E-state index in [2.05, 4.69) is 9.98 Å². The fourth-order valence-electron chi connectivity index (χ4n) is 1.73. The first-order chi connectivity index (χ1) is 10.5. The third-order valence-corrected chi connectivity index (χ3v) is 2.91. The number of carboxylic acid groups (broad SMARTS) is 1. The molecule has 0 saturated carbocycles. The molecule has 5 N–H and O–H groups in total. The lowest BCUT2D eigenvalue weighted by Crippen LogP contribution is -2.23. The van der Waals surface area contributed by atoms with Crippen LogP contribution in [0.4, 0.5) is 0 Å². The molecule has 22 heavy (non-hydrogen) atoms. The van der Waals surface area contributed by atoms with Crippen LogP contribution in [0.25, 0.3) is 6.08 Å². The first-order valence-electron chi connectivity index (χ1n) is 7.08. The second-order valence-electron chi connectivity index (χ2n) is 4.67. The van der Waals surface area contributed by atoms with Crippen molar-refractivity contribution in [2.24, 2.45) is 21.5 Å². The smallest absolute Gasteiger partial charge is 0.328 e. The van der Waals surface area contributed by atoms with Crippen molar-refractivity contribution in [1.82, 2.24) is 0 Å². The first kappa shape index (κ1) is 17.5. The van der Waals surface area contributed by atoms with Gasteiger partial charge >= 0.3 is 5.97 Å². The molecule has 1 aromatic rings. The zero-order valence-corrected chi connectivity index (χ0v) is 12.6. The summed E-state index contributed by atoms with van der Waals surface area (Å²) in [7, 11) is 0. The third-order valence-electron chi connectivity index (χ3n) is 2.91. The molecule has 0 fully saturated rings. The minimum absolute atomic E-state index is 0.00465. The number of hydrogen-bond acceptors (Lipinski definition) is 4. The summed E-state index contributed by atoms with van der Waals surface area (Å²) >= 11 is 0. The van der Waals surface area contributed by atoms with Crippen LogP contribution in [0, 0.1) is 0 Å². The van der Waals surface area contributed by atoms with Gasteiger partial charge in [0.15, 0.2) is 5.96 Å². The summed E-state index contributed by atoms with van der Waals surface area (Å²) in [6, 6.07) is 2.81. The highest BCUT2D eigenvalue weighted by atomic mass is 16.4. The number of nitrogens with two attached hydrogens (primary N) is 2. The second-order valence-corrected chi connectivity index (χ2v) is 4.67. The molecule has 0 aliphatic carbocycles. The zero-order valence-electron chi connectivity index (χ0n) is 12.6. The monoisotopic (exact) mass is 306 g/mol. The molecule has 120 valence electrons. The standard InChI is InChI=1S/C15H22N4O3/c1-2-11(9-12-5-4-8-22-12)10-19-13(14(20)21)6-3-7-18-15(16)17/h4-5,8-10,13H,2-3,6-7H2,1H3,(H,20,21)(H4,16,17,18)/b11-9+,19-10?/t13-/m0/s1. The Hall–Kier alpha value is -2.57. The highest BCUT2D eigenvalue weighted by Gasteiger charge is 2.14. The van der Waals surface area contributed by atoms with Crippen molar-refractivity contribution in [1.29, 1.82) is 0 Å². The van der Waals surface area contributed by atoms with Gasteiger partial charge in [-0.15, -0.1) is 0 Å². The van der Waals surface area contributed by atoms with E-state index in [1.807, 2.05) is 19.1 Å². The Morgan fingerprint density at radius 1 is 1.50 bits per heavy atom. The first-order valence-corrected chi connectivity index (χ1v) is 7.08.